The van der Waals surface area contributed by atoms with Gasteiger partial charge in [-0.15, -0.1) is 0 Å². The van der Waals surface area contributed by atoms with Crippen molar-refractivity contribution >= 4 is 115 Å². The standard InChI is InChI=1S/C90H142N9O39P/c1-55(100)95-76-82(133-64(10)109)79(130-61(7)106)70(49-126-58(4)103)136-86(76)123-41-26-18-14-22-36-91-73(112)33-45-120-52-90(98-85(115)68-30-31-69-67(48-68)32-40-99(69)89(116)94-39-25-17-21-29-44-129-139(117,118)119-13,53-121-46-34-74(113)92-37-23-15-19-27-42-124-87-77(96-56(2)101)83(134-65(11)110)80(131-62(8)107)71(137-87)50-127-59(5)104)54-122-47-35-75(114)93-38-24-16-20-28-43-125-88-78(97-57(3)102)84(135-66(12)111)81(132-63(9)108)72(138-88)51-128-60(6)105/h30-31,48,70-72,76-84,86-88H,14-29,32-47,49-54H2,1-13H3,(H,91,112)(H,92,113)(H,93,114)(H,94,116)(H,95,100)(H,96,101)(H,97,102)(H,98,115)(H,117,118)/p-1. The molecule has 0 aromatic heterocycles. The number of carbonyl (C=O) groups excluding carboxylic acids is 17. The van der Waals surface area contributed by atoms with Crippen LogP contribution in [0, 0.1) is 0 Å². The molecule has 48 nitrogen and oxygen atoms in total. The number of anilines is 1. The van der Waals surface area contributed by atoms with E-state index in [9.17, 15) is 91.0 Å². The number of esters is 9. The van der Waals surface area contributed by atoms with Crippen LogP contribution in [-0.4, -0.2) is 324 Å². The van der Waals surface area contributed by atoms with E-state index < -0.39 is 202 Å². The number of phosphoric acid groups is 1. The number of hydrogen-bond acceptors (Lipinski definition) is 39. The Hall–Kier alpha value is -10.2. The summed E-state index contributed by atoms with van der Waals surface area (Å²) >= 11 is 0. The molecule has 0 saturated carbocycles. The predicted octanol–water partition coefficient (Wildman–Crippen LogP) is 2.19. The van der Waals surface area contributed by atoms with Crippen molar-refractivity contribution in [2.24, 2.45) is 0 Å². The SMILES string of the molecule is COP(=O)([O-])OCCCCCCNC(=O)N1CCc2cc(C(=O)NC(COCCC(=O)NCCCCCCOC3OC(COC(C)=O)C(OC(C)=O)C(OC(C)=O)C3NC(C)=O)(COCCC(=O)NCCCCCCOC3OC(COC(C)=O)C(OC(C)=O)C(OC(C)=O)C3NC(C)=O)COCCC(=O)NCCCCCCOC3OC(COC(C)=O)C(OC(C)=O)C(OC(C)=O)C3NC(C)=O)ccc21. The van der Waals surface area contributed by atoms with Gasteiger partial charge < -0.3 is 142 Å². The molecule has 0 bridgehead atoms. The number of phosphoric ester groups is 1. The number of amides is 9. The lowest BCUT2D eigenvalue weighted by Gasteiger charge is -2.44. The highest BCUT2D eigenvalue weighted by molar-refractivity contribution is 7.45. The molecule has 0 radical (unpaired) electrons. The lowest BCUT2D eigenvalue weighted by Crippen LogP contribution is -2.66. The molecule has 4 aliphatic rings. The van der Waals surface area contributed by atoms with Crippen molar-refractivity contribution in [3.63, 3.8) is 0 Å². The summed E-state index contributed by atoms with van der Waals surface area (Å²) in [6.07, 6.45) is -6.34. The van der Waals surface area contributed by atoms with E-state index in [1.54, 1.807) is 17.0 Å². The van der Waals surface area contributed by atoms with E-state index in [-0.39, 0.29) is 141 Å². The quantitative estimate of drug-likeness (QED) is 0.0200. The molecule has 9 amide bonds. The zero-order valence-corrected chi connectivity index (χ0v) is 82.5. The molecule has 16 atom stereocenters. The van der Waals surface area contributed by atoms with Crippen LogP contribution in [0.25, 0.3) is 0 Å². The fourth-order valence-corrected chi connectivity index (χ4v) is 15.7. The Labute approximate surface area is 808 Å². The lowest BCUT2D eigenvalue weighted by molar-refractivity contribution is -0.277. The Morgan fingerprint density at radius 3 is 1.01 bits per heavy atom. The second-order valence-electron chi connectivity index (χ2n) is 33.6. The first-order valence-electron chi connectivity index (χ1n) is 46.7. The molecule has 3 saturated heterocycles. The molecule has 139 heavy (non-hydrogen) atoms. The van der Waals surface area contributed by atoms with Gasteiger partial charge in [0.05, 0.1) is 46.2 Å². The van der Waals surface area contributed by atoms with E-state index in [0.717, 1.165) is 69.4 Å². The van der Waals surface area contributed by atoms with E-state index in [2.05, 4.69) is 47.1 Å². The normalized spacial score (nSPS) is 22.3. The summed E-state index contributed by atoms with van der Waals surface area (Å²) in [6, 6.07) is 0.983. The highest BCUT2D eigenvalue weighted by Gasteiger charge is 2.55. The van der Waals surface area contributed by atoms with Crippen molar-refractivity contribution in [3.05, 3.63) is 29.3 Å². The number of nitrogens with zero attached hydrogens (tertiary/aromatic N) is 1. The largest absolute Gasteiger partial charge is 0.756 e. The maximum absolute atomic E-state index is 14.9. The van der Waals surface area contributed by atoms with Gasteiger partial charge in [-0.05, 0) is 81.5 Å². The molecule has 4 heterocycles. The zero-order chi connectivity index (χ0) is 103. The molecule has 49 heteroatoms. The van der Waals surface area contributed by atoms with Crippen LogP contribution in [-0.2, 0) is 177 Å². The molecular formula is C90H141N9O39P-. The summed E-state index contributed by atoms with van der Waals surface area (Å²) in [7, 11) is -3.34. The maximum Gasteiger partial charge on any atom is 0.321 e. The molecule has 0 spiro atoms. The number of carbonyl (C=O) groups is 17. The Morgan fingerprint density at radius 2 is 0.705 bits per heavy atom. The van der Waals surface area contributed by atoms with Crippen molar-refractivity contribution in [2.75, 3.05) is 131 Å². The third-order valence-corrected chi connectivity index (χ3v) is 22.4. The van der Waals surface area contributed by atoms with Crippen molar-refractivity contribution < 1.29 is 185 Å². The van der Waals surface area contributed by atoms with Gasteiger partial charge in [-0.1, -0.05) is 51.4 Å². The van der Waals surface area contributed by atoms with Crippen LogP contribution in [0.15, 0.2) is 18.2 Å². The van der Waals surface area contributed by atoms with Gasteiger partial charge in [0.25, 0.3) is 13.7 Å². The molecule has 1 aromatic carbocycles. The van der Waals surface area contributed by atoms with Gasteiger partial charge in [0.15, 0.2) is 55.5 Å². The topological polar surface area (TPSA) is 614 Å². The average molecular weight is 2000 g/mol. The van der Waals surface area contributed by atoms with Gasteiger partial charge in [0, 0.05) is 173 Å². The first-order chi connectivity index (χ1) is 66.1. The van der Waals surface area contributed by atoms with Gasteiger partial charge in [0.2, 0.25) is 35.4 Å². The number of unbranched alkanes of at least 4 members (excludes halogenated alkanes) is 12. The first kappa shape index (κ1) is 119. The lowest BCUT2D eigenvalue weighted by atomic mass is 9.96. The second-order valence-corrected chi connectivity index (χ2v) is 35.1. The van der Waals surface area contributed by atoms with E-state index in [1.165, 1.54) is 26.8 Å². The molecule has 3 fully saturated rings. The van der Waals surface area contributed by atoms with Gasteiger partial charge in [-0.3, -0.25) is 86.2 Å². The zero-order valence-electron chi connectivity index (χ0n) is 81.6. The van der Waals surface area contributed by atoms with E-state index in [4.69, 9.17) is 89.8 Å². The monoisotopic (exact) mass is 2000 g/mol. The highest BCUT2D eigenvalue weighted by Crippen LogP contribution is 2.38. The fourth-order valence-electron chi connectivity index (χ4n) is 15.3. The van der Waals surface area contributed by atoms with Gasteiger partial charge in [0.1, 0.15) is 61.8 Å². The third kappa shape index (κ3) is 46.8. The van der Waals surface area contributed by atoms with Crippen LogP contribution < -0.4 is 52.3 Å². The summed E-state index contributed by atoms with van der Waals surface area (Å²) in [4.78, 5) is 229. The molecular weight excluding hydrogens is 1860 g/mol. The van der Waals surface area contributed by atoms with Crippen LogP contribution in [0.2, 0.25) is 0 Å². The number of urea groups is 1. The Bertz CT molecular complexity index is 3880. The smallest absolute Gasteiger partial charge is 0.321 e. The second kappa shape index (κ2) is 64.2. The Morgan fingerprint density at radius 1 is 0.396 bits per heavy atom. The van der Waals surface area contributed by atoms with Crippen LogP contribution in [0.1, 0.15) is 221 Å². The van der Waals surface area contributed by atoms with E-state index in [1.807, 2.05) is 0 Å². The van der Waals surface area contributed by atoms with Crippen LogP contribution in [0.5, 0.6) is 0 Å². The van der Waals surface area contributed by atoms with Gasteiger partial charge in [-0.2, -0.15) is 0 Å². The third-order valence-electron chi connectivity index (χ3n) is 21.5. The summed E-state index contributed by atoms with van der Waals surface area (Å²) in [5.41, 5.74) is -0.217. The minimum atomic E-state index is -4.35. The summed E-state index contributed by atoms with van der Waals surface area (Å²) < 4.78 is 125. The molecule has 4 aliphatic heterocycles. The fraction of sp³-hybridized carbons (Fsp3) is 0.744. The Kier molecular flexibility index (Phi) is 55.1. The predicted molar refractivity (Wildman–Crippen MR) is 481 cm³/mol. The summed E-state index contributed by atoms with van der Waals surface area (Å²) in [5, 5.41) is 22.6. The van der Waals surface area contributed by atoms with Crippen molar-refractivity contribution in [2.45, 2.75) is 309 Å². The van der Waals surface area contributed by atoms with E-state index in [0.29, 0.717) is 127 Å². The molecule has 1 aromatic rings. The number of hydrogen-bond donors (Lipinski definition) is 8. The van der Waals surface area contributed by atoms with Crippen molar-refractivity contribution in [3.8, 4) is 0 Å². The molecule has 786 valence electrons. The summed E-state index contributed by atoms with van der Waals surface area (Å²) in [5.74, 6) is -10.0. The number of fused-ring (bicyclic) bond motifs is 1. The average Bonchev–Trinajstić information content (AvgIpc) is 1.75. The highest BCUT2D eigenvalue weighted by atomic mass is 31.2. The Balaban J connectivity index is 1.28. The number of rotatable bonds is 65. The van der Waals surface area contributed by atoms with Crippen molar-refractivity contribution in [1.29, 1.82) is 0 Å². The number of benzene rings is 1. The number of ether oxygens (including phenoxy) is 18. The van der Waals surface area contributed by atoms with E-state index >= 15 is 0 Å². The number of nitrogens with one attached hydrogen (secondary N) is 8. The first-order valence-corrected chi connectivity index (χ1v) is 48.2. The minimum Gasteiger partial charge on any atom is -0.756 e. The molecule has 16 unspecified atom stereocenters. The molecule has 0 aliphatic carbocycles. The van der Waals surface area contributed by atoms with Crippen LogP contribution >= 0.6 is 7.82 Å². The summed E-state index contributed by atoms with van der Waals surface area (Å²) in [6.45, 7) is 12.6. The van der Waals surface area contributed by atoms with Crippen LogP contribution in [0.3, 0.4) is 0 Å². The molecule has 5 rings (SSSR count). The van der Waals surface area contributed by atoms with Crippen molar-refractivity contribution in [1.82, 2.24) is 42.5 Å². The van der Waals surface area contributed by atoms with Gasteiger partial charge in [-0.25, -0.2) is 4.79 Å². The molecule has 8 N–H and O–H groups in total. The minimum absolute atomic E-state index is 0.0457. The van der Waals surface area contributed by atoms with Gasteiger partial charge >= 0.3 is 59.8 Å². The van der Waals surface area contributed by atoms with Crippen LogP contribution in [0.4, 0.5) is 10.5 Å². The maximum atomic E-state index is 14.9.